The fourth-order valence-electron chi connectivity index (χ4n) is 2.31. The number of aromatic nitrogens is 1. The van der Waals surface area contributed by atoms with E-state index in [0.29, 0.717) is 18.3 Å². The van der Waals surface area contributed by atoms with E-state index in [1.807, 2.05) is 43.3 Å². The summed E-state index contributed by atoms with van der Waals surface area (Å²) >= 11 is 0. The van der Waals surface area contributed by atoms with Gasteiger partial charge >= 0.3 is 0 Å². The van der Waals surface area contributed by atoms with E-state index in [0.717, 1.165) is 16.7 Å². The maximum atomic E-state index is 9.25. The first kappa shape index (κ1) is 14.9. The molecule has 0 amide bonds. The maximum absolute atomic E-state index is 9.25. The lowest BCUT2D eigenvalue weighted by Gasteiger charge is -2.03. The number of oxazole rings is 1. The number of benzene rings is 2. The molecule has 0 bridgehead atoms. The van der Waals surface area contributed by atoms with Crippen LogP contribution in [0.2, 0.25) is 0 Å². The number of hydrogen-bond acceptors (Lipinski definition) is 4. The van der Waals surface area contributed by atoms with Gasteiger partial charge in [-0.1, -0.05) is 47.5 Å². The molecule has 1 N–H and O–H groups in total. The zero-order valence-electron chi connectivity index (χ0n) is 13.1. The molecule has 0 unspecified atom stereocenters. The summed E-state index contributed by atoms with van der Waals surface area (Å²) in [6, 6.07) is 18.1. The molecule has 0 aliphatic rings. The minimum Gasteiger partial charge on any atom is -0.419 e. The van der Waals surface area contributed by atoms with E-state index in [1.165, 1.54) is 5.56 Å². The van der Waals surface area contributed by atoms with Crippen LogP contribution in [0.4, 0.5) is 5.88 Å². The molecule has 3 rings (SSSR count). The molecule has 0 radical (unpaired) electrons. The van der Waals surface area contributed by atoms with Gasteiger partial charge in [0.2, 0.25) is 17.5 Å². The van der Waals surface area contributed by atoms with Crippen LogP contribution in [-0.4, -0.2) is 4.98 Å². The topological polar surface area (TPSA) is 61.9 Å². The molecule has 114 valence electrons. The molecular weight excluding hydrogens is 286 g/mol. The third-order valence-electron chi connectivity index (χ3n) is 3.57. The third-order valence-corrected chi connectivity index (χ3v) is 3.57. The molecule has 0 atom stereocenters. The van der Waals surface area contributed by atoms with Gasteiger partial charge in [0.25, 0.3) is 0 Å². The van der Waals surface area contributed by atoms with Crippen molar-refractivity contribution in [2.24, 2.45) is 0 Å². The van der Waals surface area contributed by atoms with Crippen molar-refractivity contribution in [3.8, 4) is 17.5 Å². The second kappa shape index (κ2) is 6.37. The highest BCUT2D eigenvalue weighted by atomic mass is 16.4. The van der Waals surface area contributed by atoms with E-state index in [2.05, 4.69) is 35.4 Å². The molecule has 1 heterocycles. The standard InChI is InChI=1S/C19H17N3O/c1-13-6-8-15(9-7-13)12-21-19-17(11-20)22-18(23-19)16-5-3-4-14(2)10-16/h3-10,21H,12H2,1-2H3. The lowest BCUT2D eigenvalue weighted by atomic mass is 10.1. The van der Waals surface area contributed by atoms with Crippen molar-refractivity contribution >= 4 is 5.88 Å². The Morgan fingerprint density at radius 2 is 1.87 bits per heavy atom. The maximum Gasteiger partial charge on any atom is 0.232 e. The van der Waals surface area contributed by atoms with Crippen LogP contribution in [0.15, 0.2) is 52.9 Å². The highest BCUT2D eigenvalue weighted by molar-refractivity contribution is 5.59. The molecule has 0 aliphatic carbocycles. The molecular formula is C19H17N3O. The van der Waals surface area contributed by atoms with Crippen molar-refractivity contribution in [1.29, 1.82) is 5.26 Å². The zero-order valence-corrected chi connectivity index (χ0v) is 13.1. The van der Waals surface area contributed by atoms with E-state index in [9.17, 15) is 5.26 Å². The van der Waals surface area contributed by atoms with Gasteiger partial charge in [-0.3, -0.25) is 0 Å². The van der Waals surface area contributed by atoms with E-state index in [-0.39, 0.29) is 5.69 Å². The molecule has 0 saturated heterocycles. The molecule has 23 heavy (non-hydrogen) atoms. The smallest absolute Gasteiger partial charge is 0.232 e. The van der Waals surface area contributed by atoms with Crippen molar-refractivity contribution in [3.05, 3.63) is 70.9 Å². The highest BCUT2D eigenvalue weighted by Crippen LogP contribution is 2.26. The largest absolute Gasteiger partial charge is 0.419 e. The number of anilines is 1. The number of rotatable bonds is 4. The van der Waals surface area contributed by atoms with E-state index in [1.54, 1.807) is 0 Å². The Bertz CT molecular complexity index is 857. The van der Waals surface area contributed by atoms with Crippen LogP contribution in [0.3, 0.4) is 0 Å². The molecule has 3 aromatic rings. The second-order valence-electron chi connectivity index (χ2n) is 5.52. The Kier molecular flexibility index (Phi) is 4.11. The molecule has 0 saturated carbocycles. The fraction of sp³-hybridized carbons (Fsp3) is 0.158. The van der Waals surface area contributed by atoms with Gasteiger partial charge in [-0.2, -0.15) is 10.2 Å². The van der Waals surface area contributed by atoms with Crippen LogP contribution in [0.25, 0.3) is 11.5 Å². The lowest BCUT2D eigenvalue weighted by Crippen LogP contribution is -1.99. The molecule has 1 aromatic heterocycles. The van der Waals surface area contributed by atoms with Gasteiger partial charge in [-0.15, -0.1) is 0 Å². The Morgan fingerprint density at radius 1 is 1.09 bits per heavy atom. The summed E-state index contributed by atoms with van der Waals surface area (Å²) in [5, 5.41) is 12.4. The second-order valence-corrected chi connectivity index (χ2v) is 5.52. The van der Waals surface area contributed by atoms with Gasteiger partial charge < -0.3 is 9.73 Å². The van der Waals surface area contributed by atoms with Crippen LogP contribution >= 0.6 is 0 Å². The summed E-state index contributed by atoms with van der Waals surface area (Å²) in [4.78, 5) is 4.28. The Hall–Kier alpha value is -3.06. The third kappa shape index (κ3) is 3.41. The number of nitriles is 1. The van der Waals surface area contributed by atoms with Crippen molar-refractivity contribution in [2.75, 3.05) is 5.32 Å². The molecule has 2 aromatic carbocycles. The van der Waals surface area contributed by atoms with Crippen molar-refractivity contribution in [2.45, 2.75) is 20.4 Å². The molecule has 0 fully saturated rings. The molecule has 0 spiro atoms. The van der Waals surface area contributed by atoms with Crippen molar-refractivity contribution in [1.82, 2.24) is 4.98 Å². The van der Waals surface area contributed by atoms with Crippen LogP contribution in [0.5, 0.6) is 0 Å². The van der Waals surface area contributed by atoms with Gasteiger partial charge in [-0.05, 0) is 31.5 Å². The van der Waals surface area contributed by atoms with Crippen LogP contribution in [-0.2, 0) is 6.54 Å². The highest BCUT2D eigenvalue weighted by Gasteiger charge is 2.14. The minimum absolute atomic E-state index is 0.272. The first-order valence-electron chi connectivity index (χ1n) is 7.43. The number of nitrogens with zero attached hydrogens (tertiary/aromatic N) is 2. The predicted octanol–water partition coefficient (Wildman–Crippen LogP) is 4.44. The average molecular weight is 303 g/mol. The fourth-order valence-corrected chi connectivity index (χ4v) is 2.31. The molecule has 0 aliphatic heterocycles. The zero-order chi connectivity index (χ0) is 16.2. The van der Waals surface area contributed by atoms with Crippen LogP contribution in [0, 0.1) is 25.2 Å². The number of hydrogen-bond donors (Lipinski definition) is 1. The first-order valence-corrected chi connectivity index (χ1v) is 7.43. The van der Waals surface area contributed by atoms with Gasteiger partial charge in [0.05, 0.1) is 0 Å². The van der Waals surface area contributed by atoms with Crippen LogP contribution < -0.4 is 5.32 Å². The van der Waals surface area contributed by atoms with Gasteiger partial charge in [0, 0.05) is 12.1 Å². The summed E-state index contributed by atoms with van der Waals surface area (Å²) in [6.07, 6.45) is 0. The summed E-state index contributed by atoms with van der Waals surface area (Å²) < 4.78 is 5.75. The minimum atomic E-state index is 0.272. The molecule has 4 nitrogen and oxygen atoms in total. The summed E-state index contributed by atoms with van der Waals surface area (Å²) in [5.41, 5.74) is 4.59. The first-order chi connectivity index (χ1) is 11.2. The van der Waals surface area contributed by atoms with Gasteiger partial charge in [0.1, 0.15) is 6.07 Å². The van der Waals surface area contributed by atoms with Crippen LogP contribution in [0.1, 0.15) is 22.4 Å². The average Bonchev–Trinajstić information content (AvgIpc) is 2.98. The Morgan fingerprint density at radius 3 is 2.57 bits per heavy atom. The number of nitrogens with one attached hydrogen (secondary N) is 1. The van der Waals surface area contributed by atoms with E-state index < -0.39 is 0 Å². The van der Waals surface area contributed by atoms with Crippen molar-refractivity contribution in [3.63, 3.8) is 0 Å². The molecule has 4 heteroatoms. The summed E-state index contributed by atoms with van der Waals surface area (Å²) in [5.74, 6) is 0.862. The van der Waals surface area contributed by atoms with Gasteiger partial charge in [0.15, 0.2) is 0 Å². The Balaban J connectivity index is 1.82. The quantitative estimate of drug-likeness (QED) is 0.774. The monoisotopic (exact) mass is 303 g/mol. The number of aryl methyl sites for hydroxylation is 2. The summed E-state index contributed by atoms with van der Waals surface area (Å²) in [6.45, 7) is 4.64. The predicted molar refractivity (Wildman–Crippen MR) is 89.9 cm³/mol. The summed E-state index contributed by atoms with van der Waals surface area (Å²) in [7, 11) is 0. The lowest BCUT2D eigenvalue weighted by molar-refractivity contribution is 0.585. The Labute approximate surface area is 135 Å². The van der Waals surface area contributed by atoms with E-state index >= 15 is 0 Å². The van der Waals surface area contributed by atoms with Gasteiger partial charge in [-0.25, -0.2) is 0 Å². The van der Waals surface area contributed by atoms with E-state index in [4.69, 9.17) is 4.42 Å². The normalized spacial score (nSPS) is 10.3. The van der Waals surface area contributed by atoms with Crippen molar-refractivity contribution < 1.29 is 4.42 Å². The SMILES string of the molecule is Cc1ccc(CNc2oc(-c3cccc(C)c3)nc2C#N)cc1.